The first-order chi connectivity index (χ1) is 8.18. The van der Waals surface area contributed by atoms with Gasteiger partial charge in [0.15, 0.2) is 0 Å². The normalized spacial score (nSPS) is 21.1. The van der Waals surface area contributed by atoms with E-state index >= 15 is 0 Å². The molecule has 0 aliphatic carbocycles. The third-order valence-corrected chi connectivity index (χ3v) is 3.13. The van der Waals surface area contributed by atoms with Crippen LogP contribution in [-0.2, 0) is 4.74 Å². The lowest BCUT2D eigenvalue weighted by Crippen LogP contribution is -2.45. The number of hydrogen-bond donors (Lipinski definition) is 1. The Bertz CT molecular complexity index is 364. The van der Waals surface area contributed by atoms with E-state index in [4.69, 9.17) is 10.5 Å². The molecule has 1 aromatic rings. The summed E-state index contributed by atoms with van der Waals surface area (Å²) in [6.45, 7) is 5.10. The minimum absolute atomic E-state index is 0.0325. The first-order valence-electron chi connectivity index (χ1n) is 6.01. The fourth-order valence-corrected chi connectivity index (χ4v) is 2.39. The number of ether oxygens (including phenoxy) is 1. The summed E-state index contributed by atoms with van der Waals surface area (Å²) < 4.78 is 18.6. The number of hydrogen-bond acceptors (Lipinski definition) is 3. The molecule has 1 aromatic carbocycles. The Labute approximate surface area is 101 Å². The van der Waals surface area contributed by atoms with E-state index in [0.29, 0.717) is 0 Å². The van der Waals surface area contributed by atoms with Crippen LogP contribution in [0.25, 0.3) is 0 Å². The highest BCUT2D eigenvalue weighted by atomic mass is 19.1. The van der Waals surface area contributed by atoms with Gasteiger partial charge in [-0.3, -0.25) is 4.90 Å². The van der Waals surface area contributed by atoms with Gasteiger partial charge < -0.3 is 10.5 Å². The Balaban J connectivity index is 2.21. The fraction of sp³-hybridized carbons (Fsp3) is 0.538. The molecule has 1 saturated heterocycles. The zero-order valence-electron chi connectivity index (χ0n) is 10.1. The third kappa shape index (κ3) is 3.03. The zero-order valence-corrected chi connectivity index (χ0v) is 10.1. The Hall–Kier alpha value is -0.970. The van der Waals surface area contributed by atoms with Crippen molar-refractivity contribution in [2.45, 2.75) is 19.0 Å². The molecule has 0 saturated carbocycles. The smallest absolute Gasteiger partial charge is 0.123 e. The molecule has 0 spiro atoms. The van der Waals surface area contributed by atoms with Crippen LogP contribution in [0.2, 0.25) is 0 Å². The lowest BCUT2D eigenvalue weighted by molar-refractivity contribution is 0.0116. The molecule has 1 aliphatic rings. The van der Waals surface area contributed by atoms with Crippen molar-refractivity contribution in [2.75, 3.05) is 26.3 Å². The van der Waals surface area contributed by atoms with Crippen LogP contribution in [0.3, 0.4) is 0 Å². The molecule has 4 heteroatoms. The standard InChI is InChI=1S/C13H19FN2O/c1-10(15)13(16-5-7-17-8-6-16)11-3-2-4-12(14)9-11/h2-4,9-10,13H,5-8,15H2,1H3. The van der Waals surface area contributed by atoms with Crippen molar-refractivity contribution in [1.29, 1.82) is 0 Å². The van der Waals surface area contributed by atoms with Gasteiger partial charge in [-0.25, -0.2) is 4.39 Å². The summed E-state index contributed by atoms with van der Waals surface area (Å²) in [5, 5.41) is 0. The average Bonchev–Trinajstić information content (AvgIpc) is 2.30. The summed E-state index contributed by atoms with van der Waals surface area (Å²) in [6.07, 6.45) is 0. The topological polar surface area (TPSA) is 38.5 Å². The molecule has 3 nitrogen and oxygen atoms in total. The Kier molecular flexibility index (Phi) is 4.10. The van der Waals surface area contributed by atoms with Crippen molar-refractivity contribution in [3.05, 3.63) is 35.6 Å². The molecule has 17 heavy (non-hydrogen) atoms. The van der Waals surface area contributed by atoms with E-state index in [1.807, 2.05) is 13.0 Å². The van der Waals surface area contributed by atoms with E-state index in [-0.39, 0.29) is 17.9 Å². The van der Waals surface area contributed by atoms with Crippen LogP contribution in [0, 0.1) is 5.82 Å². The molecule has 0 amide bonds. The quantitative estimate of drug-likeness (QED) is 0.868. The second-order valence-corrected chi connectivity index (χ2v) is 4.51. The molecule has 94 valence electrons. The number of halogens is 1. The van der Waals surface area contributed by atoms with E-state index in [1.165, 1.54) is 6.07 Å². The predicted molar refractivity (Wildman–Crippen MR) is 65.2 cm³/mol. The van der Waals surface area contributed by atoms with Gasteiger partial charge in [0.2, 0.25) is 0 Å². The van der Waals surface area contributed by atoms with E-state index in [1.54, 1.807) is 12.1 Å². The molecular formula is C13H19FN2O. The molecule has 1 aliphatic heterocycles. The van der Waals surface area contributed by atoms with Gasteiger partial charge in [-0.05, 0) is 24.6 Å². The molecule has 0 aromatic heterocycles. The van der Waals surface area contributed by atoms with Gasteiger partial charge >= 0.3 is 0 Å². The Morgan fingerprint density at radius 3 is 2.65 bits per heavy atom. The second-order valence-electron chi connectivity index (χ2n) is 4.51. The molecule has 2 N–H and O–H groups in total. The molecule has 2 atom stereocenters. The summed E-state index contributed by atoms with van der Waals surface area (Å²) in [6, 6.07) is 6.74. The van der Waals surface area contributed by atoms with Crippen LogP contribution in [-0.4, -0.2) is 37.2 Å². The summed E-state index contributed by atoms with van der Waals surface area (Å²) >= 11 is 0. The largest absolute Gasteiger partial charge is 0.379 e. The van der Waals surface area contributed by atoms with Gasteiger partial charge in [0.05, 0.1) is 13.2 Å². The maximum Gasteiger partial charge on any atom is 0.123 e. The van der Waals surface area contributed by atoms with Gasteiger partial charge in [-0.1, -0.05) is 12.1 Å². The average molecular weight is 238 g/mol. The van der Waals surface area contributed by atoms with Crippen LogP contribution >= 0.6 is 0 Å². The van der Waals surface area contributed by atoms with Crippen LogP contribution in [0.1, 0.15) is 18.5 Å². The van der Waals surface area contributed by atoms with E-state index < -0.39 is 0 Å². The van der Waals surface area contributed by atoms with Crippen molar-refractivity contribution in [3.63, 3.8) is 0 Å². The monoisotopic (exact) mass is 238 g/mol. The lowest BCUT2D eigenvalue weighted by atomic mass is 9.98. The maximum atomic E-state index is 13.3. The third-order valence-electron chi connectivity index (χ3n) is 3.13. The molecule has 2 unspecified atom stereocenters. The van der Waals surface area contributed by atoms with Gasteiger partial charge in [0, 0.05) is 25.2 Å². The van der Waals surface area contributed by atoms with Gasteiger partial charge in [-0.15, -0.1) is 0 Å². The van der Waals surface area contributed by atoms with Gasteiger partial charge in [0.1, 0.15) is 5.82 Å². The fourth-order valence-electron chi connectivity index (χ4n) is 2.39. The Morgan fingerprint density at radius 2 is 2.06 bits per heavy atom. The van der Waals surface area contributed by atoms with Crippen molar-refractivity contribution < 1.29 is 9.13 Å². The maximum absolute atomic E-state index is 13.3. The molecule has 0 radical (unpaired) electrons. The highest BCUT2D eigenvalue weighted by molar-refractivity contribution is 5.21. The van der Waals surface area contributed by atoms with Crippen molar-refractivity contribution in [2.24, 2.45) is 5.73 Å². The molecule has 1 heterocycles. The van der Waals surface area contributed by atoms with Crippen LogP contribution in [0.4, 0.5) is 4.39 Å². The first-order valence-corrected chi connectivity index (χ1v) is 6.01. The summed E-state index contributed by atoms with van der Waals surface area (Å²) in [4.78, 5) is 2.27. The van der Waals surface area contributed by atoms with E-state index in [9.17, 15) is 4.39 Å². The van der Waals surface area contributed by atoms with Gasteiger partial charge in [-0.2, -0.15) is 0 Å². The Morgan fingerprint density at radius 1 is 1.35 bits per heavy atom. The van der Waals surface area contributed by atoms with Crippen LogP contribution in [0.5, 0.6) is 0 Å². The van der Waals surface area contributed by atoms with Crippen LogP contribution < -0.4 is 5.73 Å². The van der Waals surface area contributed by atoms with Crippen molar-refractivity contribution >= 4 is 0 Å². The first kappa shape index (κ1) is 12.5. The van der Waals surface area contributed by atoms with Gasteiger partial charge in [0.25, 0.3) is 0 Å². The lowest BCUT2D eigenvalue weighted by Gasteiger charge is -2.37. The molecular weight excluding hydrogens is 219 g/mol. The number of benzene rings is 1. The number of nitrogens with zero attached hydrogens (tertiary/aromatic N) is 1. The summed E-state index contributed by atoms with van der Waals surface area (Å²) in [7, 11) is 0. The SMILES string of the molecule is CC(N)C(c1cccc(F)c1)N1CCOCC1. The number of morpholine rings is 1. The summed E-state index contributed by atoms with van der Waals surface area (Å²) in [5.41, 5.74) is 6.99. The summed E-state index contributed by atoms with van der Waals surface area (Å²) in [5.74, 6) is -0.207. The predicted octanol–water partition coefficient (Wildman–Crippen LogP) is 1.55. The van der Waals surface area contributed by atoms with Crippen molar-refractivity contribution in [3.8, 4) is 0 Å². The van der Waals surface area contributed by atoms with E-state index in [2.05, 4.69) is 4.90 Å². The molecule has 1 fully saturated rings. The number of nitrogens with two attached hydrogens (primary N) is 1. The minimum Gasteiger partial charge on any atom is -0.379 e. The van der Waals surface area contributed by atoms with E-state index in [0.717, 1.165) is 31.9 Å². The van der Waals surface area contributed by atoms with Crippen LogP contribution in [0.15, 0.2) is 24.3 Å². The highest BCUT2D eigenvalue weighted by Crippen LogP contribution is 2.24. The molecule has 2 rings (SSSR count). The van der Waals surface area contributed by atoms with Crippen molar-refractivity contribution in [1.82, 2.24) is 4.90 Å². The molecule has 0 bridgehead atoms. The second kappa shape index (κ2) is 5.58. The highest BCUT2D eigenvalue weighted by Gasteiger charge is 2.25. The number of rotatable bonds is 3. The minimum atomic E-state index is -0.207. The zero-order chi connectivity index (χ0) is 12.3.